The molecular formula is C20H18FNO3S2. The SMILES string of the molecule is CCCOc1ccc(/C=C2/SC(=S)N(c3ccccc3F)C2=O)cc1OC. The van der Waals surface area contributed by atoms with Crippen LogP contribution in [0.15, 0.2) is 47.4 Å². The van der Waals surface area contributed by atoms with Crippen molar-refractivity contribution in [2.75, 3.05) is 18.6 Å². The van der Waals surface area contributed by atoms with Crippen LogP contribution in [0.5, 0.6) is 11.5 Å². The largest absolute Gasteiger partial charge is 0.493 e. The van der Waals surface area contributed by atoms with Crippen LogP contribution in [-0.4, -0.2) is 23.9 Å². The lowest BCUT2D eigenvalue weighted by molar-refractivity contribution is -0.113. The molecular weight excluding hydrogens is 385 g/mol. The fraction of sp³-hybridized carbons (Fsp3) is 0.200. The molecule has 0 unspecified atom stereocenters. The Balaban J connectivity index is 1.89. The third kappa shape index (κ3) is 4.14. The first-order chi connectivity index (χ1) is 13.0. The minimum Gasteiger partial charge on any atom is -0.493 e. The maximum absolute atomic E-state index is 14.1. The third-order valence-corrected chi connectivity index (χ3v) is 5.14. The van der Waals surface area contributed by atoms with Crippen LogP contribution in [0.4, 0.5) is 10.1 Å². The standard InChI is InChI=1S/C20H18FNO3S2/c1-3-10-25-16-9-8-13(11-17(16)24-2)12-18-19(23)22(20(26)27-18)15-7-5-4-6-14(15)21/h4-9,11-12H,3,10H2,1-2H3/b18-12+. The van der Waals surface area contributed by atoms with Crippen LogP contribution in [0.1, 0.15) is 18.9 Å². The highest BCUT2D eigenvalue weighted by atomic mass is 32.2. The van der Waals surface area contributed by atoms with E-state index in [9.17, 15) is 9.18 Å². The van der Waals surface area contributed by atoms with Crippen molar-refractivity contribution < 1.29 is 18.7 Å². The van der Waals surface area contributed by atoms with Gasteiger partial charge in [-0.2, -0.15) is 0 Å². The lowest BCUT2D eigenvalue weighted by Gasteiger charge is -2.14. The van der Waals surface area contributed by atoms with Gasteiger partial charge in [0.1, 0.15) is 5.82 Å². The fourth-order valence-corrected chi connectivity index (χ4v) is 3.85. The first-order valence-electron chi connectivity index (χ1n) is 8.38. The van der Waals surface area contributed by atoms with E-state index < -0.39 is 5.82 Å². The molecule has 1 aliphatic rings. The summed E-state index contributed by atoms with van der Waals surface area (Å²) in [6.45, 7) is 2.62. The number of nitrogens with zero attached hydrogens (tertiary/aromatic N) is 1. The van der Waals surface area contributed by atoms with Crippen molar-refractivity contribution in [2.45, 2.75) is 13.3 Å². The number of thiocarbonyl (C=S) groups is 1. The maximum atomic E-state index is 14.1. The van der Waals surface area contributed by atoms with Gasteiger partial charge in [0, 0.05) is 0 Å². The van der Waals surface area contributed by atoms with Gasteiger partial charge >= 0.3 is 0 Å². The summed E-state index contributed by atoms with van der Waals surface area (Å²) in [6, 6.07) is 11.5. The van der Waals surface area contributed by atoms with Gasteiger partial charge in [0.15, 0.2) is 15.8 Å². The number of carbonyl (C=O) groups is 1. The van der Waals surface area contributed by atoms with Crippen LogP contribution in [0, 0.1) is 5.82 Å². The van der Waals surface area contributed by atoms with Crippen molar-refractivity contribution >= 4 is 46.0 Å². The number of carbonyl (C=O) groups excluding carboxylic acids is 1. The molecule has 1 saturated heterocycles. The van der Waals surface area contributed by atoms with Gasteiger partial charge in [-0.05, 0) is 42.3 Å². The van der Waals surface area contributed by atoms with Gasteiger partial charge in [-0.3, -0.25) is 9.69 Å². The first-order valence-corrected chi connectivity index (χ1v) is 9.61. The zero-order valence-electron chi connectivity index (χ0n) is 14.9. The Morgan fingerprint density at radius 2 is 2.00 bits per heavy atom. The topological polar surface area (TPSA) is 38.8 Å². The molecule has 2 aromatic rings. The number of rotatable bonds is 6. The minimum absolute atomic E-state index is 0.157. The molecule has 4 nitrogen and oxygen atoms in total. The number of ether oxygens (including phenoxy) is 2. The molecule has 140 valence electrons. The molecule has 0 bridgehead atoms. The molecule has 0 radical (unpaired) electrons. The molecule has 1 amide bonds. The smallest absolute Gasteiger partial charge is 0.270 e. The summed E-state index contributed by atoms with van der Waals surface area (Å²) in [6.07, 6.45) is 2.61. The lowest BCUT2D eigenvalue weighted by atomic mass is 10.1. The van der Waals surface area contributed by atoms with E-state index in [-0.39, 0.29) is 11.6 Å². The summed E-state index contributed by atoms with van der Waals surface area (Å²) >= 11 is 6.43. The van der Waals surface area contributed by atoms with Crippen LogP contribution >= 0.6 is 24.0 Å². The normalized spacial score (nSPS) is 15.5. The highest BCUT2D eigenvalue weighted by Gasteiger charge is 2.34. The summed E-state index contributed by atoms with van der Waals surface area (Å²) in [5.74, 6) is 0.395. The molecule has 7 heteroatoms. The molecule has 0 saturated carbocycles. The van der Waals surface area contributed by atoms with E-state index in [0.29, 0.717) is 27.3 Å². The summed E-state index contributed by atoms with van der Waals surface area (Å²) in [7, 11) is 1.57. The van der Waals surface area contributed by atoms with Crippen LogP contribution in [-0.2, 0) is 4.79 Å². The number of halogens is 1. The van der Waals surface area contributed by atoms with Gasteiger partial charge in [-0.25, -0.2) is 4.39 Å². The van der Waals surface area contributed by atoms with Gasteiger partial charge in [0.05, 0.1) is 24.3 Å². The van der Waals surface area contributed by atoms with Crippen LogP contribution in [0.25, 0.3) is 6.08 Å². The van der Waals surface area contributed by atoms with Crippen molar-refractivity contribution in [1.29, 1.82) is 0 Å². The monoisotopic (exact) mass is 403 g/mol. The summed E-state index contributed by atoms with van der Waals surface area (Å²) in [5, 5.41) is 0. The van der Waals surface area contributed by atoms with Crippen LogP contribution < -0.4 is 14.4 Å². The van der Waals surface area contributed by atoms with Gasteiger partial charge in [0.25, 0.3) is 5.91 Å². The quantitative estimate of drug-likeness (QED) is 0.500. The Morgan fingerprint density at radius 3 is 2.70 bits per heavy atom. The van der Waals surface area contributed by atoms with Crippen molar-refractivity contribution in [2.24, 2.45) is 0 Å². The van der Waals surface area contributed by atoms with E-state index in [4.69, 9.17) is 21.7 Å². The van der Waals surface area contributed by atoms with Gasteiger partial charge < -0.3 is 9.47 Å². The second-order valence-corrected chi connectivity index (χ2v) is 7.40. The van der Waals surface area contributed by atoms with Crippen molar-refractivity contribution in [3.63, 3.8) is 0 Å². The lowest BCUT2D eigenvalue weighted by Crippen LogP contribution is -2.28. The number of amides is 1. The number of hydrogen-bond donors (Lipinski definition) is 0. The predicted molar refractivity (Wildman–Crippen MR) is 111 cm³/mol. The van der Waals surface area contributed by atoms with E-state index in [2.05, 4.69) is 0 Å². The summed E-state index contributed by atoms with van der Waals surface area (Å²) in [5.41, 5.74) is 0.925. The second kappa shape index (κ2) is 8.54. The molecule has 0 aliphatic carbocycles. The average molecular weight is 404 g/mol. The molecule has 0 spiro atoms. The molecule has 1 heterocycles. The van der Waals surface area contributed by atoms with Gasteiger partial charge in [-0.1, -0.05) is 49.1 Å². The maximum Gasteiger partial charge on any atom is 0.270 e. The Kier molecular flexibility index (Phi) is 6.13. The first kappa shape index (κ1) is 19.4. The molecule has 0 aromatic heterocycles. The Bertz CT molecular complexity index is 914. The number of hydrogen-bond acceptors (Lipinski definition) is 5. The predicted octanol–water partition coefficient (Wildman–Crippen LogP) is 5.03. The number of benzene rings is 2. The van der Waals surface area contributed by atoms with E-state index in [1.807, 2.05) is 13.0 Å². The Morgan fingerprint density at radius 1 is 1.22 bits per heavy atom. The zero-order valence-corrected chi connectivity index (χ0v) is 16.5. The van der Waals surface area contributed by atoms with E-state index in [0.717, 1.165) is 23.7 Å². The van der Waals surface area contributed by atoms with Crippen LogP contribution in [0.3, 0.4) is 0 Å². The fourth-order valence-electron chi connectivity index (χ4n) is 2.57. The average Bonchev–Trinajstić information content (AvgIpc) is 2.94. The van der Waals surface area contributed by atoms with Crippen molar-refractivity contribution in [3.8, 4) is 11.5 Å². The number of anilines is 1. The van der Waals surface area contributed by atoms with E-state index >= 15 is 0 Å². The van der Waals surface area contributed by atoms with E-state index in [1.54, 1.807) is 37.5 Å². The third-order valence-electron chi connectivity index (χ3n) is 3.83. The summed E-state index contributed by atoms with van der Waals surface area (Å²) in [4.78, 5) is 14.4. The molecule has 27 heavy (non-hydrogen) atoms. The van der Waals surface area contributed by atoms with Gasteiger partial charge in [-0.15, -0.1) is 0 Å². The number of para-hydroxylation sites is 1. The summed E-state index contributed by atoms with van der Waals surface area (Å²) < 4.78 is 25.4. The Hall–Kier alpha value is -2.38. The minimum atomic E-state index is -0.492. The molecule has 1 fully saturated rings. The second-order valence-electron chi connectivity index (χ2n) is 5.73. The molecule has 3 rings (SSSR count). The number of methoxy groups -OCH3 is 1. The van der Waals surface area contributed by atoms with E-state index in [1.165, 1.54) is 17.0 Å². The molecule has 0 N–H and O–H groups in total. The zero-order chi connectivity index (χ0) is 19.4. The molecule has 2 aromatic carbocycles. The van der Waals surface area contributed by atoms with Crippen LogP contribution in [0.2, 0.25) is 0 Å². The highest BCUT2D eigenvalue weighted by Crippen LogP contribution is 2.38. The van der Waals surface area contributed by atoms with Crippen molar-refractivity contribution in [3.05, 3.63) is 58.8 Å². The highest BCUT2D eigenvalue weighted by molar-refractivity contribution is 8.27. The Labute approximate surface area is 167 Å². The molecule has 1 aliphatic heterocycles. The molecule has 0 atom stereocenters. The van der Waals surface area contributed by atoms with Gasteiger partial charge in [0.2, 0.25) is 0 Å². The number of thioether (sulfide) groups is 1. The van der Waals surface area contributed by atoms with Crippen molar-refractivity contribution in [1.82, 2.24) is 0 Å².